The molecule has 2 unspecified atom stereocenters. The Hall–Kier alpha value is -1.05. The van der Waals surface area contributed by atoms with Gasteiger partial charge in [-0.2, -0.15) is 0 Å². The van der Waals surface area contributed by atoms with Crippen molar-refractivity contribution in [2.45, 2.75) is 31.1 Å². The average Bonchev–Trinajstić information content (AvgIpc) is 2.63. The molecule has 0 spiro atoms. The summed E-state index contributed by atoms with van der Waals surface area (Å²) >= 11 is 0. The molecule has 12 heavy (non-hydrogen) atoms. The van der Waals surface area contributed by atoms with E-state index in [1.807, 2.05) is 0 Å². The van der Waals surface area contributed by atoms with Gasteiger partial charge < -0.3 is 5.73 Å². The van der Waals surface area contributed by atoms with Crippen LogP contribution >= 0.6 is 0 Å². The first-order valence-electron chi connectivity index (χ1n) is 4.60. The lowest BCUT2D eigenvalue weighted by Gasteiger charge is -2.13. The molecule has 2 nitrogen and oxygen atoms in total. The Kier molecular flexibility index (Phi) is 1.08. The number of nitrogen functional groups attached to an aromatic ring is 1. The minimum atomic E-state index is 0.755. The van der Waals surface area contributed by atoms with Gasteiger partial charge in [-0.05, 0) is 36.8 Å². The van der Waals surface area contributed by atoms with Gasteiger partial charge in [0.1, 0.15) is 0 Å². The molecule has 2 bridgehead atoms. The molecule has 0 aromatic carbocycles. The van der Waals surface area contributed by atoms with Gasteiger partial charge in [0.05, 0.1) is 11.9 Å². The van der Waals surface area contributed by atoms with Crippen LogP contribution in [0.15, 0.2) is 12.3 Å². The summed E-state index contributed by atoms with van der Waals surface area (Å²) in [6, 6.07) is 2.12. The summed E-state index contributed by atoms with van der Waals surface area (Å²) < 4.78 is 0. The highest BCUT2D eigenvalue weighted by atomic mass is 14.8. The first-order valence-corrected chi connectivity index (χ1v) is 4.60. The van der Waals surface area contributed by atoms with Gasteiger partial charge >= 0.3 is 0 Å². The molecule has 62 valence electrons. The van der Waals surface area contributed by atoms with Gasteiger partial charge in [-0.3, -0.25) is 4.98 Å². The largest absolute Gasteiger partial charge is 0.397 e. The van der Waals surface area contributed by atoms with E-state index < -0.39 is 0 Å². The number of anilines is 1. The second kappa shape index (κ2) is 2.00. The average molecular weight is 160 g/mol. The number of nitrogens with two attached hydrogens (primary N) is 1. The second-order valence-electron chi connectivity index (χ2n) is 3.95. The van der Waals surface area contributed by atoms with E-state index in [0.29, 0.717) is 0 Å². The zero-order valence-corrected chi connectivity index (χ0v) is 6.96. The molecule has 2 atom stereocenters. The van der Waals surface area contributed by atoms with Crippen LogP contribution in [0.2, 0.25) is 0 Å². The van der Waals surface area contributed by atoms with Crippen LogP contribution in [0.3, 0.4) is 0 Å². The molecule has 2 aliphatic carbocycles. The van der Waals surface area contributed by atoms with E-state index in [-0.39, 0.29) is 0 Å². The standard InChI is InChI=1S/C10H12N2/c11-8-4-9-6-1-2-7(3-6)10(9)12-5-8/h4-7H,1-3,11H2. The highest BCUT2D eigenvalue weighted by molar-refractivity contribution is 5.46. The lowest BCUT2D eigenvalue weighted by atomic mass is 9.96. The van der Waals surface area contributed by atoms with Crippen LogP contribution in [-0.2, 0) is 0 Å². The number of rotatable bonds is 0. The number of fused-ring (bicyclic) bond motifs is 5. The Balaban J connectivity index is 2.20. The Morgan fingerprint density at radius 2 is 2.17 bits per heavy atom. The van der Waals surface area contributed by atoms with Gasteiger partial charge in [0.25, 0.3) is 0 Å². The fourth-order valence-electron chi connectivity index (χ4n) is 2.69. The van der Waals surface area contributed by atoms with Crippen LogP contribution in [0, 0.1) is 0 Å². The van der Waals surface area contributed by atoms with Crippen molar-refractivity contribution in [1.29, 1.82) is 0 Å². The highest BCUT2D eigenvalue weighted by Crippen LogP contribution is 2.52. The zero-order chi connectivity index (χ0) is 8.13. The number of nitrogens with zero attached hydrogens (tertiary/aromatic N) is 1. The van der Waals surface area contributed by atoms with Crippen LogP contribution in [-0.4, -0.2) is 4.98 Å². The quantitative estimate of drug-likeness (QED) is 0.630. The van der Waals surface area contributed by atoms with Crippen molar-refractivity contribution in [1.82, 2.24) is 4.98 Å². The number of aromatic nitrogens is 1. The van der Waals surface area contributed by atoms with E-state index in [4.69, 9.17) is 5.73 Å². The molecule has 0 amide bonds. The SMILES string of the molecule is Nc1cnc2c(c1)C1CCC2C1. The molecular formula is C10H12N2. The highest BCUT2D eigenvalue weighted by Gasteiger charge is 2.37. The van der Waals surface area contributed by atoms with E-state index in [9.17, 15) is 0 Å². The normalized spacial score (nSPS) is 30.7. The molecule has 3 rings (SSSR count). The van der Waals surface area contributed by atoms with Gasteiger partial charge in [0.15, 0.2) is 0 Å². The summed E-state index contributed by atoms with van der Waals surface area (Å²) in [7, 11) is 0. The number of pyridine rings is 1. The molecule has 1 aromatic heterocycles. The van der Waals surface area contributed by atoms with Crippen LogP contribution < -0.4 is 5.73 Å². The van der Waals surface area contributed by atoms with E-state index >= 15 is 0 Å². The van der Waals surface area contributed by atoms with Gasteiger partial charge in [-0.1, -0.05) is 0 Å². The van der Waals surface area contributed by atoms with E-state index in [0.717, 1.165) is 17.5 Å². The maximum atomic E-state index is 5.70. The summed E-state index contributed by atoms with van der Waals surface area (Å²) in [6.07, 6.45) is 5.81. The van der Waals surface area contributed by atoms with Crippen molar-refractivity contribution in [3.8, 4) is 0 Å². The van der Waals surface area contributed by atoms with Crippen molar-refractivity contribution in [2.75, 3.05) is 5.73 Å². The smallest absolute Gasteiger partial charge is 0.0503 e. The monoisotopic (exact) mass is 160 g/mol. The second-order valence-corrected chi connectivity index (χ2v) is 3.95. The molecule has 2 heteroatoms. The zero-order valence-electron chi connectivity index (χ0n) is 6.96. The van der Waals surface area contributed by atoms with Crippen LogP contribution in [0.25, 0.3) is 0 Å². The molecule has 1 saturated carbocycles. The fourth-order valence-corrected chi connectivity index (χ4v) is 2.69. The summed E-state index contributed by atoms with van der Waals surface area (Å²) in [5.41, 5.74) is 9.29. The molecule has 2 aliphatic rings. The topological polar surface area (TPSA) is 38.9 Å². The van der Waals surface area contributed by atoms with E-state index in [1.54, 1.807) is 6.20 Å². The Morgan fingerprint density at radius 3 is 3.08 bits per heavy atom. The molecular weight excluding hydrogens is 148 g/mol. The summed E-state index contributed by atoms with van der Waals surface area (Å²) in [6.45, 7) is 0. The van der Waals surface area contributed by atoms with Crippen molar-refractivity contribution in [3.05, 3.63) is 23.5 Å². The Morgan fingerprint density at radius 1 is 1.33 bits per heavy atom. The fraction of sp³-hybridized carbons (Fsp3) is 0.500. The van der Waals surface area contributed by atoms with Crippen molar-refractivity contribution in [3.63, 3.8) is 0 Å². The third kappa shape index (κ3) is 0.675. The third-order valence-corrected chi connectivity index (χ3v) is 3.23. The minimum Gasteiger partial charge on any atom is -0.397 e. The van der Waals surface area contributed by atoms with Crippen molar-refractivity contribution < 1.29 is 0 Å². The number of hydrogen-bond acceptors (Lipinski definition) is 2. The minimum absolute atomic E-state index is 0.755. The predicted octanol–water partition coefficient (Wildman–Crippen LogP) is 2.03. The summed E-state index contributed by atoms with van der Waals surface area (Å²) in [5.74, 6) is 1.53. The molecule has 0 radical (unpaired) electrons. The van der Waals surface area contributed by atoms with Crippen molar-refractivity contribution in [2.24, 2.45) is 0 Å². The maximum absolute atomic E-state index is 5.70. The molecule has 0 saturated heterocycles. The molecule has 1 heterocycles. The maximum Gasteiger partial charge on any atom is 0.0503 e. The molecule has 2 N–H and O–H groups in total. The van der Waals surface area contributed by atoms with Crippen molar-refractivity contribution >= 4 is 5.69 Å². The molecule has 0 aliphatic heterocycles. The van der Waals surface area contributed by atoms with Gasteiger partial charge in [-0.15, -0.1) is 0 Å². The predicted molar refractivity (Wildman–Crippen MR) is 48.0 cm³/mol. The van der Waals surface area contributed by atoms with E-state index in [2.05, 4.69) is 11.1 Å². The lowest BCUT2D eigenvalue weighted by molar-refractivity contribution is 0.697. The van der Waals surface area contributed by atoms with E-state index in [1.165, 1.54) is 30.5 Å². The molecule has 1 aromatic rings. The van der Waals surface area contributed by atoms with Gasteiger partial charge in [-0.25, -0.2) is 0 Å². The van der Waals surface area contributed by atoms with Crippen LogP contribution in [0.5, 0.6) is 0 Å². The Bertz CT molecular complexity index is 333. The first-order chi connectivity index (χ1) is 5.84. The first kappa shape index (κ1) is 6.46. The van der Waals surface area contributed by atoms with Crippen LogP contribution in [0.4, 0.5) is 5.69 Å². The molecule has 1 fully saturated rings. The van der Waals surface area contributed by atoms with Crippen LogP contribution in [0.1, 0.15) is 42.4 Å². The van der Waals surface area contributed by atoms with Gasteiger partial charge in [0.2, 0.25) is 0 Å². The third-order valence-electron chi connectivity index (χ3n) is 3.23. The summed E-state index contributed by atoms with van der Waals surface area (Å²) in [4.78, 5) is 4.42. The number of hydrogen-bond donors (Lipinski definition) is 1. The summed E-state index contributed by atoms with van der Waals surface area (Å²) in [5, 5.41) is 0. The van der Waals surface area contributed by atoms with Gasteiger partial charge in [0, 0.05) is 11.6 Å². The Labute approximate surface area is 71.8 Å². The lowest BCUT2D eigenvalue weighted by Crippen LogP contribution is -2.01.